The molecule has 0 amide bonds. The Balaban J connectivity index is 1.90. The first-order valence-corrected chi connectivity index (χ1v) is 7.50. The van der Waals surface area contributed by atoms with Gasteiger partial charge in [-0.3, -0.25) is 9.69 Å². The summed E-state index contributed by atoms with van der Waals surface area (Å²) in [5.41, 5.74) is 1.98. The number of aromatic nitrogens is 2. The highest BCUT2D eigenvalue weighted by molar-refractivity contribution is 5.78. The summed E-state index contributed by atoms with van der Waals surface area (Å²) in [6, 6.07) is 6.07. The number of benzene rings is 1. The van der Waals surface area contributed by atoms with E-state index >= 15 is 0 Å². The van der Waals surface area contributed by atoms with Crippen molar-refractivity contribution in [2.45, 2.75) is 39.2 Å². The molecule has 106 valence electrons. The van der Waals surface area contributed by atoms with Gasteiger partial charge in [0.25, 0.3) is 5.56 Å². The number of likely N-dealkylation sites (tertiary alicyclic amines) is 1. The molecule has 4 heteroatoms. The van der Waals surface area contributed by atoms with E-state index in [0.717, 1.165) is 24.3 Å². The van der Waals surface area contributed by atoms with Crippen LogP contribution in [0.1, 0.15) is 37.6 Å². The lowest BCUT2D eigenvalue weighted by atomic mass is 10.1. The predicted octanol–water partition coefficient (Wildman–Crippen LogP) is 2.47. The number of nitrogens with zero attached hydrogens (tertiary/aromatic N) is 2. The molecular weight excluding hydrogens is 250 g/mol. The van der Waals surface area contributed by atoms with Gasteiger partial charge in [0.1, 0.15) is 5.82 Å². The highest BCUT2D eigenvalue weighted by Crippen LogP contribution is 2.16. The Kier molecular flexibility index (Phi) is 3.83. The highest BCUT2D eigenvalue weighted by atomic mass is 16.1. The van der Waals surface area contributed by atoms with Crippen molar-refractivity contribution in [2.75, 3.05) is 13.1 Å². The Hall–Kier alpha value is -1.68. The third kappa shape index (κ3) is 2.75. The lowest BCUT2D eigenvalue weighted by Gasteiger charge is -2.26. The number of hydrogen-bond acceptors (Lipinski definition) is 3. The Morgan fingerprint density at radius 1 is 1.25 bits per heavy atom. The van der Waals surface area contributed by atoms with Gasteiger partial charge in [0.15, 0.2) is 0 Å². The Morgan fingerprint density at radius 2 is 2.05 bits per heavy atom. The van der Waals surface area contributed by atoms with E-state index in [1.807, 2.05) is 19.1 Å². The van der Waals surface area contributed by atoms with Gasteiger partial charge in [0.2, 0.25) is 0 Å². The molecular formula is C16H21N3O. The summed E-state index contributed by atoms with van der Waals surface area (Å²) in [5, 5.41) is 0.705. The maximum Gasteiger partial charge on any atom is 0.258 e. The van der Waals surface area contributed by atoms with Gasteiger partial charge in [-0.05, 0) is 43.6 Å². The minimum absolute atomic E-state index is 0.0210. The van der Waals surface area contributed by atoms with Gasteiger partial charge in [0, 0.05) is 13.0 Å². The predicted molar refractivity (Wildman–Crippen MR) is 80.9 cm³/mol. The SMILES string of the molecule is CCc1nc2ccc(CN3CCCCC3)cc2c(=O)[nH]1. The van der Waals surface area contributed by atoms with Crippen LogP contribution in [0.15, 0.2) is 23.0 Å². The number of piperidine rings is 1. The molecule has 0 unspecified atom stereocenters. The molecule has 1 aliphatic rings. The van der Waals surface area contributed by atoms with Gasteiger partial charge in [-0.15, -0.1) is 0 Å². The fourth-order valence-corrected chi connectivity index (χ4v) is 2.88. The molecule has 1 aromatic heterocycles. The summed E-state index contributed by atoms with van der Waals surface area (Å²) in [6.45, 7) is 5.27. The van der Waals surface area contributed by atoms with Crippen LogP contribution in [-0.4, -0.2) is 28.0 Å². The van der Waals surface area contributed by atoms with Crippen LogP contribution in [0.2, 0.25) is 0 Å². The van der Waals surface area contributed by atoms with E-state index in [0.29, 0.717) is 5.39 Å². The Bertz CT molecular complexity index is 656. The van der Waals surface area contributed by atoms with Gasteiger partial charge < -0.3 is 4.98 Å². The molecule has 0 spiro atoms. The second-order valence-electron chi connectivity index (χ2n) is 5.55. The summed E-state index contributed by atoms with van der Waals surface area (Å²) in [5.74, 6) is 0.756. The topological polar surface area (TPSA) is 49.0 Å². The molecule has 0 radical (unpaired) electrons. The Labute approximate surface area is 118 Å². The van der Waals surface area contributed by atoms with Gasteiger partial charge in [0.05, 0.1) is 10.9 Å². The fraction of sp³-hybridized carbons (Fsp3) is 0.500. The standard InChI is InChI=1S/C16H21N3O/c1-2-15-17-14-7-6-12(10-13(14)16(20)18-15)11-19-8-4-3-5-9-19/h6-7,10H,2-5,8-9,11H2,1H3,(H,17,18,20). The van der Waals surface area contributed by atoms with E-state index in [4.69, 9.17) is 0 Å². The maximum absolute atomic E-state index is 12.1. The number of nitrogens with one attached hydrogen (secondary N) is 1. The summed E-state index contributed by atoms with van der Waals surface area (Å²) >= 11 is 0. The molecule has 0 atom stereocenters. The molecule has 1 aliphatic heterocycles. The molecule has 0 bridgehead atoms. The zero-order valence-corrected chi connectivity index (χ0v) is 12.0. The smallest absolute Gasteiger partial charge is 0.258 e. The lowest BCUT2D eigenvalue weighted by Crippen LogP contribution is -2.29. The van der Waals surface area contributed by atoms with Crippen LogP contribution in [0, 0.1) is 0 Å². The number of aromatic amines is 1. The molecule has 1 fully saturated rings. The first-order valence-electron chi connectivity index (χ1n) is 7.50. The van der Waals surface area contributed by atoms with Crippen LogP contribution in [0.5, 0.6) is 0 Å². The molecule has 20 heavy (non-hydrogen) atoms. The molecule has 2 heterocycles. The third-order valence-corrected chi connectivity index (χ3v) is 4.01. The van der Waals surface area contributed by atoms with Gasteiger partial charge in [-0.2, -0.15) is 0 Å². The van der Waals surface area contributed by atoms with Crippen molar-refractivity contribution in [1.29, 1.82) is 0 Å². The van der Waals surface area contributed by atoms with E-state index in [9.17, 15) is 4.79 Å². The van der Waals surface area contributed by atoms with Gasteiger partial charge in [-0.25, -0.2) is 4.98 Å². The normalized spacial score (nSPS) is 16.6. The monoisotopic (exact) mass is 271 g/mol. The molecule has 3 rings (SSSR count). The first kappa shape index (κ1) is 13.3. The van der Waals surface area contributed by atoms with E-state index < -0.39 is 0 Å². The lowest BCUT2D eigenvalue weighted by molar-refractivity contribution is 0.221. The number of aryl methyl sites for hydroxylation is 1. The maximum atomic E-state index is 12.1. The summed E-state index contributed by atoms with van der Waals surface area (Å²) in [7, 11) is 0. The fourth-order valence-electron chi connectivity index (χ4n) is 2.88. The van der Waals surface area contributed by atoms with Crippen LogP contribution < -0.4 is 5.56 Å². The minimum Gasteiger partial charge on any atom is -0.310 e. The van der Waals surface area contributed by atoms with E-state index in [1.54, 1.807) is 0 Å². The molecule has 4 nitrogen and oxygen atoms in total. The van der Waals surface area contributed by atoms with Crippen LogP contribution in [0.25, 0.3) is 10.9 Å². The van der Waals surface area contributed by atoms with Crippen molar-refractivity contribution in [3.05, 3.63) is 39.9 Å². The largest absolute Gasteiger partial charge is 0.310 e. The zero-order valence-electron chi connectivity index (χ0n) is 12.0. The van der Waals surface area contributed by atoms with Crippen molar-refractivity contribution >= 4 is 10.9 Å². The van der Waals surface area contributed by atoms with Crippen molar-refractivity contribution in [3.63, 3.8) is 0 Å². The van der Waals surface area contributed by atoms with E-state index in [-0.39, 0.29) is 5.56 Å². The van der Waals surface area contributed by atoms with Crippen molar-refractivity contribution in [1.82, 2.24) is 14.9 Å². The second-order valence-corrected chi connectivity index (χ2v) is 5.55. The van der Waals surface area contributed by atoms with Gasteiger partial charge in [-0.1, -0.05) is 19.4 Å². The molecule has 2 aromatic rings. The number of rotatable bonds is 3. The second kappa shape index (κ2) is 5.75. The zero-order chi connectivity index (χ0) is 13.9. The third-order valence-electron chi connectivity index (χ3n) is 4.01. The molecule has 1 N–H and O–H groups in total. The average molecular weight is 271 g/mol. The molecule has 0 aliphatic carbocycles. The minimum atomic E-state index is -0.0210. The van der Waals surface area contributed by atoms with Crippen LogP contribution in [-0.2, 0) is 13.0 Å². The Morgan fingerprint density at radius 3 is 2.80 bits per heavy atom. The molecule has 1 saturated heterocycles. The van der Waals surface area contributed by atoms with Crippen LogP contribution in [0.4, 0.5) is 0 Å². The summed E-state index contributed by atoms with van der Waals surface area (Å²) in [4.78, 5) is 21.9. The number of fused-ring (bicyclic) bond motifs is 1. The van der Waals surface area contributed by atoms with E-state index in [2.05, 4.69) is 20.9 Å². The molecule has 1 aromatic carbocycles. The van der Waals surface area contributed by atoms with E-state index in [1.165, 1.54) is 37.9 Å². The number of H-pyrrole nitrogens is 1. The summed E-state index contributed by atoms with van der Waals surface area (Å²) < 4.78 is 0. The molecule has 0 saturated carbocycles. The quantitative estimate of drug-likeness (QED) is 0.933. The highest BCUT2D eigenvalue weighted by Gasteiger charge is 2.11. The van der Waals surface area contributed by atoms with Crippen molar-refractivity contribution < 1.29 is 0 Å². The first-order chi connectivity index (χ1) is 9.76. The summed E-state index contributed by atoms with van der Waals surface area (Å²) in [6.07, 6.45) is 4.67. The van der Waals surface area contributed by atoms with Crippen LogP contribution in [0.3, 0.4) is 0 Å². The average Bonchev–Trinajstić information content (AvgIpc) is 2.48. The van der Waals surface area contributed by atoms with Crippen LogP contribution >= 0.6 is 0 Å². The van der Waals surface area contributed by atoms with Crippen molar-refractivity contribution in [2.24, 2.45) is 0 Å². The van der Waals surface area contributed by atoms with Crippen molar-refractivity contribution in [3.8, 4) is 0 Å². The number of hydrogen-bond donors (Lipinski definition) is 1. The van der Waals surface area contributed by atoms with Gasteiger partial charge >= 0.3 is 0 Å².